The predicted octanol–water partition coefficient (Wildman–Crippen LogP) is 1.11. The maximum absolute atomic E-state index is 13.1. The van der Waals surface area contributed by atoms with Crippen LogP contribution in [-0.4, -0.2) is 10.1 Å². The Kier molecular flexibility index (Phi) is 3.43. The normalized spacial score (nSPS) is 11.0. The van der Waals surface area contributed by atoms with E-state index in [0.29, 0.717) is 6.07 Å². The molecule has 3 N–H and O–H groups in total. The van der Waals surface area contributed by atoms with Crippen LogP contribution in [-0.2, 0) is 13.2 Å². The molecule has 6 heteroatoms. The van der Waals surface area contributed by atoms with Crippen LogP contribution in [0.2, 0.25) is 0 Å². The molecular weight excluding hydrogens is 197 g/mol. The largest absolute Gasteiger partial charge is 0.391 e. The van der Waals surface area contributed by atoms with Gasteiger partial charge in [-0.25, -0.2) is 18.2 Å². The Morgan fingerprint density at radius 1 is 1.50 bits per heavy atom. The van der Waals surface area contributed by atoms with Crippen LogP contribution in [0.5, 0.6) is 0 Å². The molecule has 0 amide bonds. The molecule has 0 atom stereocenters. The first-order valence-corrected chi connectivity index (χ1v) is 3.87. The van der Waals surface area contributed by atoms with Crippen molar-refractivity contribution in [2.75, 3.05) is 0 Å². The highest BCUT2D eigenvalue weighted by Crippen LogP contribution is 2.21. The smallest absolute Gasteiger partial charge is 0.280 e. The van der Waals surface area contributed by atoms with Gasteiger partial charge in [0.2, 0.25) is 0 Å². The number of aliphatic hydroxyl groups excluding tert-OH is 1. The first kappa shape index (κ1) is 10.9. The van der Waals surface area contributed by atoms with E-state index < -0.39 is 24.5 Å². The zero-order valence-corrected chi connectivity index (χ0v) is 7.17. The second kappa shape index (κ2) is 4.39. The van der Waals surface area contributed by atoms with Crippen molar-refractivity contribution in [2.24, 2.45) is 5.73 Å². The monoisotopic (exact) mass is 206 g/mol. The van der Waals surface area contributed by atoms with Gasteiger partial charge in [0.1, 0.15) is 11.5 Å². The summed E-state index contributed by atoms with van der Waals surface area (Å²) in [6, 6.07) is 0.607. The van der Waals surface area contributed by atoms with Gasteiger partial charge in [0.15, 0.2) is 0 Å². The van der Waals surface area contributed by atoms with E-state index in [1.807, 2.05) is 0 Å². The quantitative estimate of drug-likeness (QED) is 0.778. The van der Waals surface area contributed by atoms with Gasteiger partial charge in [-0.2, -0.15) is 0 Å². The van der Waals surface area contributed by atoms with Crippen LogP contribution >= 0.6 is 0 Å². The molecule has 0 aliphatic rings. The molecule has 1 heterocycles. The molecule has 0 spiro atoms. The first-order valence-electron chi connectivity index (χ1n) is 3.87. The number of aliphatic hydroxyl groups is 1. The van der Waals surface area contributed by atoms with Crippen LogP contribution in [0, 0.1) is 5.82 Å². The van der Waals surface area contributed by atoms with E-state index in [9.17, 15) is 13.2 Å². The van der Waals surface area contributed by atoms with E-state index in [1.165, 1.54) is 0 Å². The van der Waals surface area contributed by atoms with Crippen LogP contribution in [0.15, 0.2) is 6.07 Å². The zero-order chi connectivity index (χ0) is 10.7. The minimum atomic E-state index is -2.84. The lowest BCUT2D eigenvalue weighted by Gasteiger charge is -2.08. The fourth-order valence-electron chi connectivity index (χ4n) is 1.06. The van der Waals surface area contributed by atoms with Gasteiger partial charge in [0, 0.05) is 18.2 Å². The van der Waals surface area contributed by atoms with Crippen LogP contribution in [0.25, 0.3) is 0 Å². The molecule has 1 aromatic heterocycles. The number of nitrogens with zero attached hydrogens (tertiary/aromatic N) is 1. The molecule has 0 saturated heterocycles. The standard InChI is InChI=1S/C8H9F3N2O/c9-5-1-6(8(10)11)13-7(2-12)4(5)3-14/h1,8,14H,2-3,12H2. The van der Waals surface area contributed by atoms with Gasteiger partial charge in [-0.1, -0.05) is 0 Å². The molecule has 0 saturated carbocycles. The van der Waals surface area contributed by atoms with E-state index in [2.05, 4.69) is 4.98 Å². The Hall–Kier alpha value is -1.14. The van der Waals surface area contributed by atoms with Crippen molar-refractivity contribution in [1.82, 2.24) is 4.98 Å². The summed E-state index contributed by atoms with van der Waals surface area (Å²) in [5.41, 5.74) is 4.35. The lowest BCUT2D eigenvalue weighted by Crippen LogP contribution is -2.09. The number of aromatic nitrogens is 1. The van der Waals surface area contributed by atoms with Gasteiger partial charge in [0.25, 0.3) is 6.43 Å². The van der Waals surface area contributed by atoms with Gasteiger partial charge >= 0.3 is 0 Å². The number of hydrogen-bond donors (Lipinski definition) is 2. The Bertz CT molecular complexity index is 331. The van der Waals surface area contributed by atoms with E-state index in [4.69, 9.17) is 10.8 Å². The molecule has 78 valence electrons. The molecule has 1 rings (SSSR count). The average Bonchev–Trinajstić information content (AvgIpc) is 2.16. The molecule has 0 bridgehead atoms. The van der Waals surface area contributed by atoms with Crippen LogP contribution < -0.4 is 5.73 Å². The van der Waals surface area contributed by atoms with E-state index in [0.717, 1.165) is 0 Å². The number of hydrogen-bond acceptors (Lipinski definition) is 3. The maximum Gasteiger partial charge on any atom is 0.280 e. The fraction of sp³-hybridized carbons (Fsp3) is 0.375. The van der Waals surface area contributed by atoms with Crippen molar-refractivity contribution in [3.8, 4) is 0 Å². The van der Waals surface area contributed by atoms with Crippen LogP contribution in [0.3, 0.4) is 0 Å². The maximum atomic E-state index is 13.1. The number of nitrogens with two attached hydrogens (primary N) is 1. The molecular formula is C8H9F3N2O. The molecule has 0 radical (unpaired) electrons. The molecule has 14 heavy (non-hydrogen) atoms. The summed E-state index contributed by atoms with van der Waals surface area (Å²) >= 11 is 0. The highest BCUT2D eigenvalue weighted by atomic mass is 19.3. The average molecular weight is 206 g/mol. The third-order valence-electron chi connectivity index (χ3n) is 1.75. The third-order valence-corrected chi connectivity index (χ3v) is 1.75. The predicted molar refractivity (Wildman–Crippen MR) is 43.0 cm³/mol. The summed E-state index contributed by atoms with van der Waals surface area (Å²) in [5, 5.41) is 8.74. The van der Waals surface area contributed by atoms with Gasteiger partial charge < -0.3 is 10.8 Å². The summed E-state index contributed by atoms with van der Waals surface area (Å²) in [6.45, 7) is -0.789. The minimum Gasteiger partial charge on any atom is -0.391 e. The van der Waals surface area contributed by atoms with Gasteiger partial charge in [-0.15, -0.1) is 0 Å². The SMILES string of the molecule is NCc1nc(C(F)F)cc(F)c1CO. The summed E-state index contributed by atoms with van der Waals surface area (Å²) in [6.07, 6.45) is -2.84. The molecule has 1 aromatic rings. The van der Waals surface area contributed by atoms with Gasteiger partial charge in [-0.05, 0) is 0 Å². The molecule has 0 fully saturated rings. The fourth-order valence-corrected chi connectivity index (χ4v) is 1.06. The first-order chi connectivity index (χ1) is 6.60. The summed E-state index contributed by atoms with van der Waals surface area (Å²) < 4.78 is 37.4. The Labute approximate surface area is 78.4 Å². The van der Waals surface area contributed by atoms with Crippen molar-refractivity contribution in [1.29, 1.82) is 0 Å². The molecule has 0 aliphatic heterocycles. The van der Waals surface area contributed by atoms with Crippen molar-refractivity contribution in [2.45, 2.75) is 19.6 Å². The van der Waals surface area contributed by atoms with E-state index >= 15 is 0 Å². The number of halogens is 3. The van der Waals surface area contributed by atoms with Crippen molar-refractivity contribution < 1.29 is 18.3 Å². The summed E-state index contributed by atoms with van der Waals surface area (Å²) in [7, 11) is 0. The number of rotatable bonds is 3. The topological polar surface area (TPSA) is 59.1 Å². The second-order valence-electron chi connectivity index (χ2n) is 2.62. The minimum absolute atomic E-state index is 0.0391. The van der Waals surface area contributed by atoms with Crippen molar-refractivity contribution >= 4 is 0 Å². The van der Waals surface area contributed by atoms with E-state index in [-0.39, 0.29) is 17.8 Å². The van der Waals surface area contributed by atoms with Gasteiger partial charge in [-0.3, -0.25) is 0 Å². The van der Waals surface area contributed by atoms with Crippen molar-refractivity contribution in [3.05, 3.63) is 28.8 Å². The highest BCUT2D eigenvalue weighted by molar-refractivity contribution is 5.24. The van der Waals surface area contributed by atoms with Crippen molar-refractivity contribution in [3.63, 3.8) is 0 Å². The molecule has 0 aromatic carbocycles. The van der Waals surface area contributed by atoms with Crippen LogP contribution in [0.4, 0.5) is 13.2 Å². The van der Waals surface area contributed by atoms with E-state index in [1.54, 1.807) is 0 Å². The number of pyridine rings is 1. The second-order valence-corrected chi connectivity index (χ2v) is 2.62. The Morgan fingerprint density at radius 2 is 2.14 bits per heavy atom. The highest BCUT2D eigenvalue weighted by Gasteiger charge is 2.16. The Morgan fingerprint density at radius 3 is 2.57 bits per heavy atom. The summed E-state index contributed by atoms with van der Waals surface area (Å²) in [4.78, 5) is 3.45. The molecule has 0 unspecified atom stereocenters. The molecule has 3 nitrogen and oxygen atoms in total. The zero-order valence-electron chi connectivity index (χ0n) is 7.17. The number of alkyl halides is 2. The Balaban J connectivity index is 3.24. The summed E-state index contributed by atoms with van der Waals surface area (Å²) in [5.74, 6) is -0.904. The lowest BCUT2D eigenvalue weighted by atomic mass is 10.1. The van der Waals surface area contributed by atoms with Gasteiger partial charge in [0.05, 0.1) is 12.3 Å². The molecule has 0 aliphatic carbocycles. The third kappa shape index (κ3) is 2.02. The lowest BCUT2D eigenvalue weighted by molar-refractivity contribution is 0.145. The van der Waals surface area contributed by atoms with Crippen LogP contribution in [0.1, 0.15) is 23.4 Å².